The van der Waals surface area contributed by atoms with E-state index in [4.69, 9.17) is 0 Å². The molecule has 25 heavy (non-hydrogen) atoms. The Bertz CT molecular complexity index is 646. The van der Waals surface area contributed by atoms with Crippen LogP contribution in [0.25, 0.3) is 0 Å². The predicted octanol–water partition coefficient (Wildman–Crippen LogP) is 2.69. The van der Waals surface area contributed by atoms with Crippen LogP contribution in [0.2, 0.25) is 0 Å². The number of likely N-dealkylation sites (tertiary alicyclic amines) is 1. The molecule has 1 unspecified atom stereocenters. The molecule has 3 rings (SSSR count). The highest BCUT2D eigenvalue weighted by Gasteiger charge is 2.50. The summed E-state index contributed by atoms with van der Waals surface area (Å²) in [6.45, 7) is 9.70. The van der Waals surface area contributed by atoms with Crippen molar-refractivity contribution in [2.24, 2.45) is 11.3 Å². The zero-order valence-electron chi connectivity index (χ0n) is 15.8. The van der Waals surface area contributed by atoms with Gasteiger partial charge >= 0.3 is 0 Å². The Morgan fingerprint density at radius 1 is 1.36 bits per heavy atom. The molecule has 1 aliphatic carbocycles. The highest BCUT2D eigenvalue weighted by Crippen LogP contribution is 2.50. The number of hydrogen-bond donors (Lipinski definition) is 2. The van der Waals surface area contributed by atoms with Crippen LogP contribution in [0.3, 0.4) is 0 Å². The number of carbonyl (C=O) groups is 2. The highest BCUT2D eigenvalue weighted by molar-refractivity contribution is 5.92. The Morgan fingerprint density at radius 3 is 2.64 bits per heavy atom. The van der Waals surface area contributed by atoms with E-state index in [1.165, 1.54) is 0 Å². The van der Waals surface area contributed by atoms with Crippen LogP contribution < -0.4 is 5.32 Å². The van der Waals surface area contributed by atoms with Crippen molar-refractivity contribution in [2.75, 3.05) is 13.1 Å². The molecule has 1 saturated heterocycles. The van der Waals surface area contributed by atoms with E-state index in [1.54, 1.807) is 4.90 Å². The summed E-state index contributed by atoms with van der Waals surface area (Å²) < 4.78 is 0. The van der Waals surface area contributed by atoms with Crippen molar-refractivity contribution in [3.63, 3.8) is 0 Å². The minimum atomic E-state index is -0.139. The monoisotopic (exact) mass is 346 g/mol. The highest BCUT2D eigenvalue weighted by atomic mass is 16.2. The van der Waals surface area contributed by atoms with Crippen molar-refractivity contribution in [2.45, 2.75) is 65.3 Å². The summed E-state index contributed by atoms with van der Waals surface area (Å²) in [4.78, 5) is 27.0. The van der Waals surface area contributed by atoms with Gasteiger partial charge in [-0.1, -0.05) is 27.7 Å². The Balaban J connectivity index is 1.54. The average Bonchev–Trinajstić information content (AvgIpc) is 3.00. The van der Waals surface area contributed by atoms with E-state index in [9.17, 15) is 9.59 Å². The minimum absolute atomic E-state index is 0.0526. The molecule has 2 N–H and O–H groups in total. The number of hydrogen-bond acceptors (Lipinski definition) is 3. The van der Waals surface area contributed by atoms with Crippen molar-refractivity contribution in [1.29, 1.82) is 0 Å². The number of rotatable bonds is 6. The lowest BCUT2D eigenvalue weighted by Crippen LogP contribution is -2.42. The molecule has 0 bridgehead atoms. The van der Waals surface area contributed by atoms with Crippen molar-refractivity contribution in [3.8, 4) is 0 Å². The lowest BCUT2D eigenvalue weighted by Gasteiger charge is -2.21. The molecule has 1 aromatic heterocycles. The molecule has 0 spiro atoms. The van der Waals surface area contributed by atoms with Crippen molar-refractivity contribution in [1.82, 2.24) is 20.4 Å². The maximum absolute atomic E-state index is 12.6. The summed E-state index contributed by atoms with van der Waals surface area (Å²) in [5, 5.41) is 10.3. The maximum Gasteiger partial charge on any atom is 0.274 e. The van der Waals surface area contributed by atoms with Crippen molar-refractivity contribution >= 4 is 11.8 Å². The third kappa shape index (κ3) is 3.88. The molecule has 0 aromatic carbocycles. The van der Waals surface area contributed by atoms with Crippen molar-refractivity contribution < 1.29 is 9.59 Å². The van der Waals surface area contributed by atoms with Crippen molar-refractivity contribution in [3.05, 3.63) is 17.5 Å². The number of nitrogens with one attached hydrogen (secondary N) is 2. The van der Waals surface area contributed by atoms with E-state index in [1.807, 2.05) is 6.07 Å². The van der Waals surface area contributed by atoms with Gasteiger partial charge in [-0.25, -0.2) is 0 Å². The summed E-state index contributed by atoms with van der Waals surface area (Å²) in [6, 6.07) is 1.89. The molecule has 1 saturated carbocycles. The van der Waals surface area contributed by atoms with E-state index >= 15 is 0 Å². The van der Waals surface area contributed by atoms with Gasteiger partial charge in [-0.05, 0) is 43.6 Å². The van der Waals surface area contributed by atoms with Gasteiger partial charge in [-0.3, -0.25) is 14.7 Å². The fourth-order valence-corrected chi connectivity index (χ4v) is 3.76. The smallest absolute Gasteiger partial charge is 0.274 e. The number of aromatic nitrogens is 2. The first-order valence-electron chi connectivity index (χ1n) is 9.46. The van der Waals surface area contributed by atoms with Crippen LogP contribution in [0, 0.1) is 11.3 Å². The van der Waals surface area contributed by atoms with Gasteiger partial charge in [0, 0.05) is 30.2 Å². The Labute approximate surface area is 149 Å². The van der Waals surface area contributed by atoms with Crippen LogP contribution in [0.1, 0.15) is 75.5 Å². The van der Waals surface area contributed by atoms with Gasteiger partial charge in [0.1, 0.15) is 5.69 Å². The van der Waals surface area contributed by atoms with Gasteiger partial charge in [0.05, 0.1) is 0 Å². The third-order valence-corrected chi connectivity index (χ3v) is 5.38. The number of nitrogens with zero attached hydrogens (tertiary/aromatic N) is 2. The van der Waals surface area contributed by atoms with Gasteiger partial charge in [-0.2, -0.15) is 5.10 Å². The second-order valence-corrected chi connectivity index (χ2v) is 8.45. The standard InChI is InChI=1S/C19H30N4O2/c1-12(2)10-19(6-7-19)18(25)20-14-5-8-23(11-14)17(24)16-9-15(13(3)4)21-22-16/h9,12-14H,5-8,10-11H2,1-4H3,(H,20,25)(H,21,22). The minimum Gasteiger partial charge on any atom is -0.351 e. The predicted molar refractivity (Wildman–Crippen MR) is 96.2 cm³/mol. The molecule has 2 aliphatic rings. The SMILES string of the molecule is CC(C)CC1(C(=O)NC2CCN(C(=O)c3cc(C(C)C)[nH]n3)C2)CC1. The zero-order valence-corrected chi connectivity index (χ0v) is 15.8. The molecular formula is C19H30N4O2. The Morgan fingerprint density at radius 2 is 2.08 bits per heavy atom. The van der Waals surface area contributed by atoms with Gasteiger partial charge in [0.25, 0.3) is 5.91 Å². The first kappa shape index (κ1) is 18.0. The van der Waals surface area contributed by atoms with E-state index in [2.05, 4.69) is 43.2 Å². The van der Waals surface area contributed by atoms with Crippen LogP contribution >= 0.6 is 0 Å². The van der Waals surface area contributed by atoms with E-state index in [-0.39, 0.29) is 23.3 Å². The molecule has 0 radical (unpaired) electrons. The fourth-order valence-electron chi connectivity index (χ4n) is 3.76. The molecule has 6 nitrogen and oxygen atoms in total. The fraction of sp³-hybridized carbons (Fsp3) is 0.737. The van der Waals surface area contributed by atoms with Crippen LogP contribution in [0.15, 0.2) is 6.07 Å². The summed E-state index contributed by atoms with van der Waals surface area (Å²) >= 11 is 0. The van der Waals surface area contributed by atoms with Gasteiger partial charge in [0.2, 0.25) is 5.91 Å². The topological polar surface area (TPSA) is 78.1 Å². The van der Waals surface area contributed by atoms with Gasteiger partial charge in [-0.15, -0.1) is 0 Å². The second-order valence-electron chi connectivity index (χ2n) is 8.45. The quantitative estimate of drug-likeness (QED) is 0.831. The molecule has 2 fully saturated rings. The number of H-pyrrole nitrogens is 1. The molecule has 1 atom stereocenters. The first-order chi connectivity index (χ1) is 11.8. The molecule has 2 amide bonds. The molecular weight excluding hydrogens is 316 g/mol. The third-order valence-electron chi connectivity index (χ3n) is 5.38. The molecule has 2 heterocycles. The van der Waals surface area contributed by atoms with Crippen LogP contribution in [-0.4, -0.2) is 46.0 Å². The number of carbonyl (C=O) groups excluding carboxylic acids is 2. The average molecular weight is 346 g/mol. The lowest BCUT2D eigenvalue weighted by molar-refractivity contribution is -0.127. The van der Waals surface area contributed by atoms with E-state index in [0.29, 0.717) is 30.6 Å². The van der Waals surface area contributed by atoms with E-state index in [0.717, 1.165) is 31.4 Å². The normalized spacial score (nSPS) is 21.8. The van der Waals surface area contributed by atoms with Crippen LogP contribution in [0.5, 0.6) is 0 Å². The number of aromatic amines is 1. The summed E-state index contributed by atoms with van der Waals surface area (Å²) in [6.07, 6.45) is 3.77. The summed E-state index contributed by atoms with van der Waals surface area (Å²) in [7, 11) is 0. The molecule has 6 heteroatoms. The molecule has 138 valence electrons. The Kier molecular flexibility index (Phi) is 4.89. The van der Waals surface area contributed by atoms with Crippen LogP contribution in [0.4, 0.5) is 0 Å². The zero-order chi connectivity index (χ0) is 18.2. The second kappa shape index (κ2) is 6.81. The first-order valence-corrected chi connectivity index (χ1v) is 9.46. The van der Waals surface area contributed by atoms with Crippen LogP contribution in [-0.2, 0) is 4.79 Å². The number of amides is 2. The summed E-state index contributed by atoms with van der Waals surface area (Å²) in [5.41, 5.74) is 1.30. The molecule has 1 aromatic rings. The lowest BCUT2D eigenvalue weighted by atomic mass is 9.93. The Hall–Kier alpha value is -1.85. The summed E-state index contributed by atoms with van der Waals surface area (Å²) in [5.74, 6) is 0.977. The van der Waals surface area contributed by atoms with Gasteiger partial charge < -0.3 is 10.2 Å². The largest absolute Gasteiger partial charge is 0.351 e. The van der Waals surface area contributed by atoms with Gasteiger partial charge in [0.15, 0.2) is 0 Å². The van der Waals surface area contributed by atoms with E-state index < -0.39 is 0 Å². The molecule has 1 aliphatic heterocycles. The maximum atomic E-state index is 12.6.